The Hall–Kier alpha value is -1.51. The lowest BCUT2D eigenvalue weighted by molar-refractivity contribution is 0.0907. The van der Waals surface area contributed by atoms with E-state index >= 15 is 0 Å². The van der Waals surface area contributed by atoms with Gasteiger partial charge in [0.25, 0.3) is 5.91 Å². The number of hydrogen-bond donors (Lipinski definition) is 1. The maximum absolute atomic E-state index is 12.2. The van der Waals surface area contributed by atoms with E-state index in [1.165, 1.54) is 19.3 Å². The zero-order chi connectivity index (χ0) is 13.0. The number of rotatable bonds is 3. The van der Waals surface area contributed by atoms with Gasteiger partial charge in [-0.3, -0.25) is 4.79 Å². The molecule has 0 aromatic heterocycles. The van der Waals surface area contributed by atoms with Crippen LogP contribution in [0.5, 0.6) is 5.75 Å². The molecule has 0 radical (unpaired) electrons. The number of para-hydroxylation sites is 1. The molecule has 1 aliphatic rings. The minimum atomic E-state index is -0.0220. The van der Waals surface area contributed by atoms with E-state index in [1.54, 1.807) is 7.11 Å². The van der Waals surface area contributed by atoms with Gasteiger partial charge in [-0.1, -0.05) is 31.9 Å². The fraction of sp³-hybridized carbons (Fsp3) is 0.533. The third kappa shape index (κ3) is 2.84. The monoisotopic (exact) mass is 247 g/mol. The molecule has 2 unspecified atom stereocenters. The number of carbonyl (C=O) groups is 1. The van der Waals surface area contributed by atoms with Crippen LogP contribution in [0.3, 0.4) is 0 Å². The Kier molecular flexibility index (Phi) is 4.24. The van der Waals surface area contributed by atoms with Gasteiger partial charge in [0.1, 0.15) is 5.75 Å². The van der Waals surface area contributed by atoms with Crippen molar-refractivity contribution >= 4 is 5.91 Å². The van der Waals surface area contributed by atoms with Gasteiger partial charge in [-0.05, 0) is 30.9 Å². The van der Waals surface area contributed by atoms with E-state index in [-0.39, 0.29) is 5.91 Å². The summed E-state index contributed by atoms with van der Waals surface area (Å²) in [6.45, 7) is 2.21. The summed E-state index contributed by atoms with van der Waals surface area (Å²) in [7, 11) is 1.59. The Morgan fingerprint density at radius 1 is 1.28 bits per heavy atom. The van der Waals surface area contributed by atoms with Gasteiger partial charge in [-0.15, -0.1) is 0 Å². The minimum absolute atomic E-state index is 0.0220. The predicted molar refractivity (Wildman–Crippen MR) is 71.9 cm³/mol. The predicted octanol–water partition coefficient (Wildman–Crippen LogP) is 3.00. The first kappa shape index (κ1) is 12.9. The second-order valence-electron chi connectivity index (χ2n) is 5.04. The van der Waals surface area contributed by atoms with Crippen LogP contribution in [0.4, 0.5) is 0 Å². The largest absolute Gasteiger partial charge is 0.496 e. The van der Waals surface area contributed by atoms with E-state index in [1.807, 2.05) is 24.3 Å². The molecule has 2 rings (SSSR count). The third-order valence-electron chi connectivity index (χ3n) is 3.78. The standard InChI is InChI=1S/C15H21NO2/c1-11-7-3-5-9-13(11)16-15(17)12-8-4-6-10-14(12)18-2/h4,6,8,10-11,13H,3,5,7,9H2,1-2H3,(H,16,17). The van der Waals surface area contributed by atoms with Crippen molar-refractivity contribution in [3.05, 3.63) is 29.8 Å². The van der Waals surface area contributed by atoms with E-state index < -0.39 is 0 Å². The Morgan fingerprint density at radius 2 is 2.00 bits per heavy atom. The van der Waals surface area contributed by atoms with Gasteiger partial charge in [-0.2, -0.15) is 0 Å². The highest BCUT2D eigenvalue weighted by molar-refractivity contribution is 5.97. The summed E-state index contributed by atoms with van der Waals surface area (Å²) in [5, 5.41) is 3.14. The Bertz CT molecular complexity index is 417. The Labute approximate surface area is 109 Å². The number of ether oxygens (including phenoxy) is 1. The number of nitrogens with one attached hydrogen (secondary N) is 1. The molecular weight excluding hydrogens is 226 g/mol. The van der Waals surface area contributed by atoms with Gasteiger partial charge in [-0.25, -0.2) is 0 Å². The summed E-state index contributed by atoms with van der Waals surface area (Å²) < 4.78 is 5.22. The molecule has 0 heterocycles. The molecule has 18 heavy (non-hydrogen) atoms. The van der Waals surface area contributed by atoms with Crippen LogP contribution in [0.1, 0.15) is 43.0 Å². The van der Waals surface area contributed by atoms with Crippen LogP contribution in [0, 0.1) is 5.92 Å². The molecule has 0 spiro atoms. The molecule has 98 valence electrons. The van der Waals surface area contributed by atoms with Crippen LogP contribution in [0.2, 0.25) is 0 Å². The number of methoxy groups -OCH3 is 1. The van der Waals surface area contributed by atoms with Gasteiger partial charge in [0.2, 0.25) is 0 Å². The highest BCUT2D eigenvalue weighted by Gasteiger charge is 2.24. The lowest BCUT2D eigenvalue weighted by atomic mass is 9.86. The smallest absolute Gasteiger partial charge is 0.255 e. The van der Waals surface area contributed by atoms with Crippen molar-refractivity contribution in [1.29, 1.82) is 0 Å². The lowest BCUT2D eigenvalue weighted by Gasteiger charge is -2.29. The quantitative estimate of drug-likeness (QED) is 0.891. The average molecular weight is 247 g/mol. The van der Waals surface area contributed by atoms with Crippen LogP contribution in [-0.2, 0) is 0 Å². The van der Waals surface area contributed by atoms with E-state index in [9.17, 15) is 4.79 Å². The van der Waals surface area contributed by atoms with E-state index in [4.69, 9.17) is 4.74 Å². The molecule has 1 N–H and O–H groups in total. The SMILES string of the molecule is COc1ccccc1C(=O)NC1CCCCC1C. The maximum atomic E-state index is 12.2. The van der Waals surface area contributed by atoms with E-state index in [0.717, 1.165) is 6.42 Å². The van der Waals surface area contributed by atoms with Gasteiger partial charge in [0.05, 0.1) is 12.7 Å². The number of benzene rings is 1. The average Bonchev–Trinajstić information content (AvgIpc) is 2.41. The fourth-order valence-electron chi connectivity index (χ4n) is 2.61. The molecule has 0 bridgehead atoms. The van der Waals surface area contributed by atoms with Crippen LogP contribution in [0.25, 0.3) is 0 Å². The first-order valence-corrected chi connectivity index (χ1v) is 6.66. The molecule has 1 saturated carbocycles. The van der Waals surface area contributed by atoms with Gasteiger partial charge >= 0.3 is 0 Å². The van der Waals surface area contributed by atoms with Gasteiger partial charge in [0, 0.05) is 6.04 Å². The van der Waals surface area contributed by atoms with Crippen molar-refractivity contribution in [2.45, 2.75) is 38.6 Å². The normalized spacial score (nSPS) is 23.4. The summed E-state index contributed by atoms with van der Waals surface area (Å²) in [6.07, 6.45) is 4.78. The first-order chi connectivity index (χ1) is 8.72. The molecule has 1 aliphatic carbocycles. The van der Waals surface area contributed by atoms with Crippen LogP contribution >= 0.6 is 0 Å². The van der Waals surface area contributed by atoms with Crippen LogP contribution in [-0.4, -0.2) is 19.1 Å². The second-order valence-corrected chi connectivity index (χ2v) is 5.04. The molecule has 1 amide bonds. The highest BCUT2D eigenvalue weighted by atomic mass is 16.5. The molecular formula is C15H21NO2. The molecule has 0 saturated heterocycles. The van der Waals surface area contributed by atoms with Crippen molar-refractivity contribution in [3.63, 3.8) is 0 Å². The van der Waals surface area contributed by atoms with Crippen LogP contribution in [0.15, 0.2) is 24.3 Å². The zero-order valence-electron chi connectivity index (χ0n) is 11.1. The Balaban J connectivity index is 2.07. The topological polar surface area (TPSA) is 38.3 Å². The summed E-state index contributed by atoms with van der Waals surface area (Å²) in [4.78, 5) is 12.2. The van der Waals surface area contributed by atoms with Crippen LogP contribution < -0.4 is 10.1 Å². The first-order valence-electron chi connectivity index (χ1n) is 6.66. The summed E-state index contributed by atoms with van der Waals surface area (Å²) in [6, 6.07) is 7.66. The van der Waals surface area contributed by atoms with Crippen molar-refractivity contribution in [2.75, 3.05) is 7.11 Å². The van der Waals surface area contributed by atoms with Gasteiger partial charge < -0.3 is 10.1 Å². The molecule has 3 heteroatoms. The molecule has 0 aliphatic heterocycles. The highest BCUT2D eigenvalue weighted by Crippen LogP contribution is 2.25. The van der Waals surface area contributed by atoms with Crippen molar-refractivity contribution in [2.24, 2.45) is 5.92 Å². The van der Waals surface area contributed by atoms with E-state index in [2.05, 4.69) is 12.2 Å². The molecule has 3 nitrogen and oxygen atoms in total. The van der Waals surface area contributed by atoms with Crippen molar-refractivity contribution in [3.8, 4) is 5.75 Å². The molecule has 1 aromatic carbocycles. The summed E-state index contributed by atoms with van der Waals surface area (Å²) >= 11 is 0. The number of amides is 1. The fourth-order valence-corrected chi connectivity index (χ4v) is 2.61. The molecule has 1 aromatic rings. The molecule has 1 fully saturated rings. The number of hydrogen-bond acceptors (Lipinski definition) is 2. The van der Waals surface area contributed by atoms with E-state index in [0.29, 0.717) is 23.3 Å². The minimum Gasteiger partial charge on any atom is -0.496 e. The second kappa shape index (κ2) is 5.89. The zero-order valence-corrected chi connectivity index (χ0v) is 11.1. The number of carbonyl (C=O) groups excluding carboxylic acids is 1. The lowest BCUT2D eigenvalue weighted by Crippen LogP contribution is -2.41. The third-order valence-corrected chi connectivity index (χ3v) is 3.78. The van der Waals surface area contributed by atoms with Crippen molar-refractivity contribution in [1.82, 2.24) is 5.32 Å². The van der Waals surface area contributed by atoms with Crippen molar-refractivity contribution < 1.29 is 9.53 Å². The van der Waals surface area contributed by atoms with Gasteiger partial charge in [0.15, 0.2) is 0 Å². The molecule has 2 atom stereocenters. The maximum Gasteiger partial charge on any atom is 0.255 e. The Morgan fingerprint density at radius 3 is 2.72 bits per heavy atom. The summed E-state index contributed by atoms with van der Waals surface area (Å²) in [5.74, 6) is 1.18. The summed E-state index contributed by atoms with van der Waals surface area (Å²) in [5.41, 5.74) is 0.623.